The lowest BCUT2D eigenvalue weighted by molar-refractivity contribution is 0.0359. The summed E-state index contributed by atoms with van der Waals surface area (Å²) in [7, 11) is 0. The van der Waals surface area contributed by atoms with Crippen LogP contribution in [0.1, 0.15) is 41.4 Å². The van der Waals surface area contributed by atoms with E-state index in [1.54, 1.807) is 16.9 Å². The smallest absolute Gasteiger partial charge is 0.276 e. The second-order valence-corrected chi connectivity index (χ2v) is 7.39. The van der Waals surface area contributed by atoms with Crippen LogP contribution in [0.2, 0.25) is 0 Å². The quantitative estimate of drug-likeness (QED) is 0.786. The number of piperidine rings is 1. The minimum atomic E-state index is -0.274. The van der Waals surface area contributed by atoms with Crippen LogP contribution in [-0.4, -0.2) is 70.1 Å². The van der Waals surface area contributed by atoms with Crippen LogP contribution in [0, 0.1) is 5.82 Å². The molecule has 1 unspecified atom stereocenters. The van der Waals surface area contributed by atoms with E-state index in [1.165, 1.54) is 12.1 Å². The average Bonchev–Trinajstić information content (AvgIpc) is 3.22. The molecule has 8 heteroatoms. The Hall–Kier alpha value is -2.32. The van der Waals surface area contributed by atoms with Crippen molar-refractivity contribution < 1.29 is 13.9 Å². The van der Waals surface area contributed by atoms with Crippen LogP contribution in [0.4, 0.5) is 4.39 Å². The predicted octanol–water partition coefficient (Wildman–Crippen LogP) is 2.12. The molecule has 0 aliphatic carbocycles. The first-order chi connectivity index (χ1) is 13.7. The van der Waals surface area contributed by atoms with Crippen LogP contribution in [0.15, 0.2) is 30.5 Å². The fraction of sp³-hybridized carbons (Fsp3) is 0.550. The molecule has 0 radical (unpaired) electrons. The highest BCUT2D eigenvalue weighted by molar-refractivity contribution is 5.92. The summed E-state index contributed by atoms with van der Waals surface area (Å²) < 4.78 is 20.8. The summed E-state index contributed by atoms with van der Waals surface area (Å²) in [6.07, 6.45) is 4.53. The Morgan fingerprint density at radius 3 is 2.86 bits per heavy atom. The molecule has 2 fully saturated rings. The van der Waals surface area contributed by atoms with Gasteiger partial charge in [0.05, 0.1) is 32.0 Å². The van der Waals surface area contributed by atoms with Gasteiger partial charge in [0.25, 0.3) is 5.91 Å². The third-order valence-electron chi connectivity index (χ3n) is 5.50. The number of nitrogens with zero attached hydrogens (tertiary/aromatic N) is 5. The Kier molecular flexibility index (Phi) is 5.97. The molecule has 1 aromatic carbocycles. The number of ether oxygens (including phenoxy) is 1. The summed E-state index contributed by atoms with van der Waals surface area (Å²) in [5, 5.41) is 8.23. The maximum atomic E-state index is 13.7. The van der Waals surface area contributed by atoms with Crippen LogP contribution < -0.4 is 0 Å². The predicted molar refractivity (Wildman–Crippen MR) is 101 cm³/mol. The Morgan fingerprint density at radius 2 is 2.04 bits per heavy atom. The first-order valence-corrected chi connectivity index (χ1v) is 9.97. The van der Waals surface area contributed by atoms with Crippen LogP contribution in [0.3, 0.4) is 0 Å². The normalized spacial score (nSPS) is 21.0. The molecule has 2 aliphatic rings. The summed E-state index contributed by atoms with van der Waals surface area (Å²) >= 11 is 0. The Morgan fingerprint density at radius 1 is 1.18 bits per heavy atom. The first kappa shape index (κ1) is 19.0. The molecule has 3 heterocycles. The van der Waals surface area contributed by atoms with E-state index in [-0.39, 0.29) is 17.8 Å². The van der Waals surface area contributed by atoms with E-state index in [2.05, 4.69) is 15.2 Å². The molecule has 4 rings (SSSR count). The fourth-order valence-corrected chi connectivity index (χ4v) is 3.96. The minimum absolute atomic E-state index is 0.115. The van der Waals surface area contributed by atoms with Crippen LogP contribution in [0.5, 0.6) is 0 Å². The van der Waals surface area contributed by atoms with Crippen molar-refractivity contribution in [3.05, 3.63) is 47.5 Å². The molecule has 28 heavy (non-hydrogen) atoms. The van der Waals surface area contributed by atoms with E-state index < -0.39 is 0 Å². The zero-order valence-corrected chi connectivity index (χ0v) is 16.0. The lowest BCUT2D eigenvalue weighted by Crippen LogP contribution is -2.38. The molecule has 2 aromatic rings. The highest BCUT2D eigenvalue weighted by atomic mass is 19.1. The van der Waals surface area contributed by atoms with E-state index in [0.29, 0.717) is 18.8 Å². The largest absolute Gasteiger partial charge is 0.379 e. The van der Waals surface area contributed by atoms with Gasteiger partial charge in [-0.15, -0.1) is 5.10 Å². The number of halogens is 1. The SMILES string of the molecule is O=C(c1cn(CCN2CCOCC2)nn1)N1CCCCC1c1cccc(F)c1. The van der Waals surface area contributed by atoms with Crippen molar-refractivity contribution in [3.8, 4) is 0 Å². The molecule has 2 saturated heterocycles. The summed E-state index contributed by atoms with van der Waals surface area (Å²) in [5.74, 6) is -0.406. The van der Waals surface area contributed by atoms with E-state index in [9.17, 15) is 9.18 Å². The van der Waals surface area contributed by atoms with Gasteiger partial charge < -0.3 is 9.64 Å². The standard InChI is InChI=1S/C20H26FN5O2/c21-17-5-3-4-16(14-17)19-6-1-2-7-26(19)20(27)18-15-25(23-22-18)9-8-24-10-12-28-13-11-24/h3-5,14-15,19H,1-2,6-13H2. The maximum absolute atomic E-state index is 13.7. The van der Waals surface area contributed by atoms with Gasteiger partial charge in [-0.2, -0.15) is 0 Å². The minimum Gasteiger partial charge on any atom is -0.379 e. The highest BCUT2D eigenvalue weighted by Crippen LogP contribution is 2.32. The number of likely N-dealkylation sites (tertiary alicyclic amines) is 1. The van der Waals surface area contributed by atoms with Crippen molar-refractivity contribution in [3.63, 3.8) is 0 Å². The highest BCUT2D eigenvalue weighted by Gasteiger charge is 2.30. The van der Waals surface area contributed by atoms with Crippen LogP contribution in [-0.2, 0) is 11.3 Å². The Bertz CT molecular complexity index is 805. The molecule has 0 bridgehead atoms. The second-order valence-electron chi connectivity index (χ2n) is 7.39. The van der Waals surface area contributed by atoms with Crippen molar-refractivity contribution in [2.24, 2.45) is 0 Å². The van der Waals surface area contributed by atoms with Gasteiger partial charge in [0, 0.05) is 26.2 Å². The van der Waals surface area contributed by atoms with Crippen molar-refractivity contribution >= 4 is 5.91 Å². The number of carbonyl (C=O) groups excluding carboxylic acids is 1. The summed E-state index contributed by atoms with van der Waals surface area (Å²) in [5.41, 5.74) is 1.19. The molecule has 2 aliphatic heterocycles. The van der Waals surface area contributed by atoms with Crippen LogP contribution >= 0.6 is 0 Å². The number of hydrogen-bond acceptors (Lipinski definition) is 5. The van der Waals surface area contributed by atoms with Gasteiger partial charge in [-0.05, 0) is 37.0 Å². The third kappa shape index (κ3) is 4.39. The molecular weight excluding hydrogens is 361 g/mol. The summed E-state index contributed by atoms with van der Waals surface area (Å²) in [6.45, 7) is 5.56. The lowest BCUT2D eigenvalue weighted by Gasteiger charge is -2.35. The van der Waals surface area contributed by atoms with Gasteiger partial charge in [0.2, 0.25) is 0 Å². The number of morpholine rings is 1. The number of carbonyl (C=O) groups is 1. The molecule has 0 saturated carbocycles. The zero-order valence-electron chi connectivity index (χ0n) is 16.0. The summed E-state index contributed by atoms with van der Waals surface area (Å²) in [4.78, 5) is 17.2. The average molecular weight is 387 g/mol. The molecular formula is C20H26FN5O2. The number of aromatic nitrogens is 3. The molecule has 1 amide bonds. The van der Waals surface area contributed by atoms with Gasteiger partial charge >= 0.3 is 0 Å². The van der Waals surface area contributed by atoms with Crippen molar-refractivity contribution in [2.75, 3.05) is 39.4 Å². The summed E-state index contributed by atoms with van der Waals surface area (Å²) in [6, 6.07) is 6.42. The van der Waals surface area contributed by atoms with E-state index in [0.717, 1.165) is 57.7 Å². The Balaban J connectivity index is 1.43. The maximum Gasteiger partial charge on any atom is 0.276 e. The van der Waals surface area contributed by atoms with Gasteiger partial charge in [0.15, 0.2) is 5.69 Å². The first-order valence-electron chi connectivity index (χ1n) is 9.97. The number of benzene rings is 1. The van der Waals surface area contributed by atoms with Gasteiger partial charge in [0.1, 0.15) is 5.82 Å². The van der Waals surface area contributed by atoms with Gasteiger partial charge in [-0.25, -0.2) is 4.39 Å². The fourth-order valence-electron chi connectivity index (χ4n) is 3.96. The van der Waals surface area contributed by atoms with Gasteiger partial charge in [-0.3, -0.25) is 14.4 Å². The molecule has 0 N–H and O–H groups in total. The van der Waals surface area contributed by atoms with E-state index in [1.807, 2.05) is 11.0 Å². The number of amides is 1. The molecule has 1 aromatic heterocycles. The number of rotatable bonds is 5. The zero-order chi connectivity index (χ0) is 19.3. The monoisotopic (exact) mass is 387 g/mol. The molecule has 0 spiro atoms. The van der Waals surface area contributed by atoms with Crippen LogP contribution in [0.25, 0.3) is 0 Å². The second kappa shape index (κ2) is 8.79. The molecule has 1 atom stereocenters. The molecule has 150 valence electrons. The topological polar surface area (TPSA) is 63.5 Å². The Labute approximate surface area is 164 Å². The van der Waals surface area contributed by atoms with Crippen molar-refractivity contribution in [1.29, 1.82) is 0 Å². The van der Waals surface area contributed by atoms with Gasteiger partial charge in [-0.1, -0.05) is 17.3 Å². The number of hydrogen-bond donors (Lipinski definition) is 0. The third-order valence-corrected chi connectivity index (χ3v) is 5.50. The van der Waals surface area contributed by atoms with E-state index >= 15 is 0 Å². The molecule has 7 nitrogen and oxygen atoms in total. The van der Waals surface area contributed by atoms with Crippen molar-refractivity contribution in [1.82, 2.24) is 24.8 Å². The van der Waals surface area contributed by atoms with E-state index in [4.69, 9.17) is 4.74 Å². The lowest BCUT2D eigenvalue weighted by atomic mass is 9.95. The van der Waals surface area contributed by atoms with Crippen molar-refractivity contribution in [2.45, 2.75) is 31.8 Å².